The maximum Gasteiger partial charge on any atom is 0.238 e. The van der Waals surface area contributed by atoms with Crippen LogP contribution in [0.15, 0.2) is 35.7 Å². The van der Waals surface area contributed by atoms with Crippen LogP contribution in [0.1, 0.15) is 33.6 Å². The number of piperazine rings is 1. The van der Waals surface area contributed by atoms with Crippen molar-refractivity contribution in [2.75, 3.05) is 38.0 Å². The van der Waals surface area contributed by atoms with Gasteiger partial charge in [-0.05, 0) is 42.5 Å². The highest BCUT2D eigenvalue weighted by atomic mass is 32.1. The molecule has 2 aromatic rings. The van der Waals surface area contributed by atoms with E-state index < -0.39 is 0 Å². The Morgan fingerprint density at radius 2 is 1.76 bits per heavy atom. The summed E-state index contributed by atoms with van der Waals surface area (Å²) in [4.78, 5) is 41.4. The minimum absolute atomic E-state index is 0.00870. The molecule has 3 rings (SSSR count). The molecular formula is C22H27N3O3S. The fraction of sp³-hybridized carbons (Fsp3) is 0.409. The van der Waals surface area contributed by atoms with E-state index in [1.54, 1.807) is 11.0 Å². The van der Waals surface area contributed by atoms with Gasteiger partial charge in [0, 0.05) is 44.7 Å². The highest BCUT2D eigenvalue weighted by molar-refractivity contribution is 7.12. The molecule has 6 nitrogen and oxygen atoms in total. The van der Waals surface area contributed by atoms with Crippen molar-refractivity contribution in [2.24, 2.45) is 0 Å². The molecule has 2 heterocycles. The Labute approximate surface area is 175 Å². The van der Waals surface area contributed by atoms with Crippen LogP contribution in [0.4, 0.5) is 5.69 Å². The summed E-state index contributed by atoms with van der Waals surface area (Å²) >= 11 is 1.41. The molecule has 0 radical (unpaired) electrons. The lowest BCUT2D eigenvalue weighted by atomic mass is 10.1. The molecular weight excluding hydrogens is 386 g/mol. The van der Waals surface area contributed by atoms with Crippen LogP contribution in [0, 0.1) is 13.8 Å². The summed E-state index contributed by atoms with van der Waals surface area (Å²) in [5, 5.41) is 4.85. The van der Waals surface area contributed by atoms with E-state index in [0.717, 1.165) is 16.8 Å². The molecule has 2 amide bonds. The van der Waals surface area contributed by atoms with Crippen molar-refractivity contribution in [1.29, 1.82) is 0 Å². The number of thiophene rings is 1. The van der Waals surface area contributed by atoms with E-state index in [9.17, 15) is 14.4 Å². The molecule has 0 aliphatic carbocycles. The highest BCUT2D eigenvalue weighted by Gasteiger charge is 2.23. The van der Waals surface area contributed by atoms with E-state index in [-0.39, 0.29) is 30.4 Å². The monoisotopic (exact) mass is 413 g/mol. The summed E-state index contributed by atoms with van der Waals surface area (Å²) in [6.07, 6.45) is 0.488. The van der Waals surface area contributed by atoms with Crippen LogP contribution in [-0.2, 0) is 9.59 Å². The number of hydrogen-bond donors (Lipinski definition) is 1. The van der Waals surface area contributed by atoms with Gasteiger partial charge >= 0.3 is 0 Å². The smallest absolute Gasteiger partial charge is 0.238 e. The zero-order valence-corrected chi connectivity index (χ0v) is 17.8. The Kier molecular flexibility index (Phi) is 7.17. The van der Waals surface area contributed by atoms with E-state index in [1.807, 2.05) is 43.5 Å². The Balaban J connectivity index is 1.40. The first kappa shape index (κ1) is 21.2. The third-order valence-electron chi connectivity index (χ3n) is 5.33. The zero-order valence-electron chi connectivity index (χ0n) is 16.9. The van der Waals surface area contributed by atoms with Crippen molar-refractivity contribution in [3.63, 3.8) is 0 Å². The molecule has 0 saturated carbocycles. The van der Waals surface area contributed by atoms with Gasteiger partial charge in [0.25, 0.3) is 0 Å². The number of carbonyl (C=O) groups excluding carboxylic acids is 3. The Bertz CT molecular complexity index is 871. The van der Waals surface area contributed by atoms with Crippen LogP contribution in [0.25, 0.3) is 0 Å². The minimum Gasteiger partial charge on any atom is -0.340 e. The highest BCUT2D eigenvalue weighted by Crippen LogP contribution is 2.18. The first-order chi connectivity index (χ1) is 13.9. The maximum absolute atomic E-state index is 12.4. The van der Waals surface area contributed by atoms with E-state index in [1.165, 1.54) is 11.3 Å². The third kappa shape index (κ3) is 5.74. The number of ketones is 1. The van der Waals surface area contributed by atoms with Crippen LogP contribution < -0.4 is 5.32 Å². The molecule has 1 aromatic carbocycles. The average Bonchev–Trinajstić information content (AvgIpc) is 3.25. The van der Waals surface area contributed by atoms with Crippen LogP contribution >= 0.6 is 11.3 Å². The molecule has 1 aliphatic heterocycles. The van der Waals surface area contributed by atoms with Crippen molar-refractivity contribution in [2.45, 2.75) is 26.7 Å². The van der Waals surface area contributed by atoms with Crippen LogP contribution in [0.3, 0.4) is 0 Å². The fourth-order valence-corrected chi connectivity index (χ4v) is 4.07. The molecule has 0 unspecified atom stereocenters. The van der Waals surface area contributed by atoms with Crippen LogP contribution in [0.5, 0.6) is 0 Å². The van der Waals surface area contributed by atoms with Gasteiger partial charge in [-0.25, -0.2) is 0 Å². The molecule has 0 atom stereocenters. The van der Waals surface area contributed by atoms with Crippen molar-refractivity contribution < 1.29 is 14.4 Å². The molecule has 154 valence electrons. The van der Waals surface area contributed by atoms with Crippen molar-refractivity contribution in [3.05, 3.63) is 51.7 Å². The largest absolute Gasteiger partial charge is 0.340 e. The van der Waals surface area contributed by atoms with Crippen LogP contribution in [-0.4, -0.2) is 60.1 Å². The van der Waals surface area contributed by atoms with Gasteiger partial charge in [-0.15, -0.1) is 11.3 Å². The molecule has 0 bridgehead atoms. The van der Waals surface area contributed by atoms with Gasteiger partial charge in [-0.1, -0.05) is 18.2 Å². The van der Waals surface area contributed by atoms with Gasteiger partial charge in [-0.2, -0.15) is 0 Å². The van der Waals surface area contributed by atoms with Gasteiger partial charge in [0.05, 0.1) is 11.4 Å². The first-order valence-electron chi connectivity index (χ1n) is 9.87. The number of rotatable bonds is 7. The number of carbonyl (C=O) groups is 3. The van der Waals surface area contributed by atoms with Gasteiger partial charge in [0.15, 0.2) is 5.78 Å². The number of anilines is 1. The second-order valence-electron chi connectivity index (χ2n) is 7.35. The van der Waals surface area contributed by atoms with E-state index in [4.69, 9.17) is 0 Å². The second-order valence-corrected chi connectivity index (χ2v) is 8.30. The Hall–Kier alpha value is -2.51. The van der Waals surface area contributed by atoms with Gasteiger partial charge < -0.3 is 10.2 Å². The number of amides is 2. The summed E-state index contributed by atoms with van der Waals surface area (Å²) in [7, 11) is 0. The molecule has 1 saturated heterocycles. The summed E-state index contributed by atoms with van der Waals surface area (Å²) in [6.45, 7) is 6.82. The molecule has 0 spiro atoms. The summed E-state index contributed by atoms with van der Waals surface area (Å²) < 4.78 is 0. The molecule has 1 fully saturated rings. The molecule has 7 heteroatoms. The number of Topliss-reactive ketones (excluding diaryl/α,β-unsaturated/α-hetero) is 1. The number of nitrogens with zero attached hydrogens (tertiary/aromatic N) is 2. The lowest BCUT2D eigenvalue weighted by Gasteiger charge is -2.34. The summed E-state index contributed by atoms with van der Waals surface area (Å²) in [6, 6.07) is 9.50. The number of hydrogen-bond acceptors (Lipinski definition) is 5. The quantitative estimate of drug-likeness (QED) is 0.708. The van der Waals surface area contributed by atoms with Crippen molar-refractivity contribution >= 4 is 34.6 Å². The summed E-state index contributed by atoms with van der Waals surface area (Å²) in [5.41, 5.74) is 3.07. The Morgan fingerprint density at radius 1 is 1.00 bits per heavy atom. The average molecular weight is 414 g/mol. The molecule has 1 N–H and O–H groups in total. The van der Waals surface area contributed by atoms with E-state index in [0.29, 0.717) is 37.6 Å². The second kappa shape index (κ2) is 9.80. The fourth-order valence-electron chi connectivity index (χ4n) is 3.37. The van der Waals surface area contributed by atoms with Gasteiger partial charge in [-0.3, -0.25) is 19.3 Å². The summed E-state index contributed by atoms with van der Waals surface area (Å²) in [5.74, 6) is -0.00971. The van der Waals surface area contributed by atoms with Gasteiger partial charge in [0.2, 0.25) is 11.8 Å². The molecule has 29 heavy (non-hydrogen) atoms. The van der Waals surface area contributed by atoms with Crippen molar-refractivity contribution in [1.82, 2.24) is 9.80 Å². The van der Waals surface area contributed by atoms with Crippen molar-refractivity contribution in [3.8, 4) is 0 Å². The molecule has 1 aromatic heterocycles. The topological polar surface area (TPSA) is 69.7 Å². The van der Waals surface area contributed by atoms with Gasteiger partial charge in [0.1, 0.15) is 0 Å². The predicted molar refractivity (Wildman–Crippen MR) is 115 cm³/mol. The number of benzene rings is 1. The van der Waals surface area contributed by atoms with Crippen LogP contribution in [0.2, 0.25) is 0 Å². The molecule has 1 aliphatic rings. The standard InChI is InChI=1S/C22H27N3O3S/c1-16-5-3-6-18(17(16)2)23-21(27)15-24-10-12-25(13-11-24)22(28)9-8-19(26)20-7-4-14-29-20/h3-7,14H,8-13,15H2,1-2H3,(H,23,27). The normalized spacial score (nSPS) is 14.6. The Morgan fingerprint density at radius 3 is 2.45 bits per heavy atom. The van der Waals surface area contributed by atoms with E-state index in [2.05, 4.69) is 10.2 Å². The predicted octanol–water partition coefficient (Wildman–Crippen LogP) is 3.11. The lowest BCUT2D eigenvalue weighted by Crippen LogP contribution is -2.50. The number of nitrogens with one attached hydrogen (secondary N) is 1. The number of aryl methyl sites for hydroxylation is 1. The van der Waals surface area contributed by atoms with E-state index >= 15 is 0 Å². The third-order valence-corrected chi connectivity index (χ3v) is 6.24. The zero-order chi connectivity index (χ0) is 20.8. The lowest BCUT2D eigenvalue weighted by molar-refractivity contribution is -0.133. The SMILES string of the molecule is Cc1cccc(NC(=O)CN2CCN(C(=O)CCC(=O)c3cccs3)CC2)c1C. The first-order valence-corrected chi connectivity index (χ1v) is 10.7. The maximum atomic E-state index is 12.4. The minimum atomic E-state index is -0.0416.